The Morgan fingerprint density at radius 2 is 1.68 bits per heavy atom. The second-order valence-corrected chi connectivity index (χ2v) is 5.54. The average molecular weight is 335 g/mol. The van der Waals surface area contributed by atoms with Crippen LogP contribution in [0.4, 0.5) is 0 Å². The topological polar surface area (TPSA) is 59.3 Å². The molecule has 0 heterocycles. The maximum absolute atomic E-state index is 12.1. The van der Waals surface area contributed by atoms with Crippen molar-refractivity contribution in [1.82, 2.24) is 0 Å². The lowest BCUT2D eigenvalue weighted by Gasteiger charge is -2.07. The van der Waals surface area contributed by atoms with Crippen molar-refractivity contribution >= 4 is 5.97 Å². The number of nitriles is 1. The second kappa shape index (κ2) is 9.94. The van der Waals surface area contributed by atoms with Gasteiger partial charge in [0.05, 0.1) is 23.8 Å². The lowest BCUT2D eigenvalue weighted by Crippen LogP contribution is -2.08. The molecule has 4 nitrogen and oxygen atoms in total. The maximum Gasteiger partial charge on any atom is 0.343 e. The first kappa shape index (κ1) is 18.3. The van der Waals surface area contributed by atoms with Crippen molar-refractivity contribution in [2.45, 2.75) is 25.7 Å². The minimum Gasteiger partial charge on any atom is -0.494 e. The van der Waals surface area contributed by atoms with Crippen LogP contribution in [0.25, 0.3) is 0 Å². The largest absolute Gasteiger partial charge is 0.494 e. The molecule has 0 aliphatic heterocycles. The molecular weight excluding hydrogens is 314 g/mol. The van der Waals surface area contributed by atoms with Crippen LogP contribution in [0.15, 0.2) is 61.2 Å². The van der Waals surface area contributed by atoms with Crippen LogP contribution < -0.4 is 9.47 Å². The van der Waals surface area contributed by atoms with E-state index in [2.05, 4.69) is 6.58 Å². The molecule has 0 saturated heterocycles. The van der Waals surface area contributed by atoms with Gasteiger partial charge in [-0.3, -0.25) is 0 Å². The minimum atomic E-state index is -0.444. The zero-order chi connectivity index (χ0) is 17.9. The van der Waals surface area contributed by atoms with Crippen molar-refractivity contribution in [3.8, 4) is 17.6 Å². The number of carbonyl (C=O) groups is 1. The van der Waals surface area contributed by atoms with Gasteiger partial charge in [-0.2, -0.15) is 5.26 Å². The van der Waals surface area contributed by atoms with Gasteiger partial charge in [0.15, 0.2) is 0 Å². The number of allylic oxidation sites excluding steroid dienone is 1. The third-order valence-corrected chi connectivity index (χ3v) is 3.61. The van der Waals surface area contributed by atoms with Crippen LogP contribution in [0.3, 0.4) is 0 Å². The fourth-order valence-electron chi connectivity index (χ4n) is 2.21. The highest BCUT2D eigenvalue weighted by Crippen LogP contribution is 2.17. The Labute approximate surface area is 148 Å². The summed E-state index contributed by atoms with van der Waals surface area (Å²) in [5.74, 6) is 0.697. The Bertz CT molecular complexity index is 727. The normalized spacial score (nSPS) is 9.88. The molecule has 2 rings (SSSR count). The van der Waals surface area contributed by atoms with Gasteiger partial charge < -0.3 is 9.47 Å². The van der Waals surface area contributed by atoms with Crippen LogP contribution in [0.1, 0.15) is 41.6 Å². The summed E-state index contributed by atoms with van der Waals surface area (Å²) in [5.41, 5.74) is 0.966. The van der Waals surface area contributed by atoms with Crippen molar-refractivity contribution < 1.29 is 14.3 Å². The predicted octanol–water partition coefficient (Wildman–Crippen LogP) is 4.90. The number of rotatable bonds is 9. The van der Waals surface area contributed by atoms with Crippen LogP contribution in [0.5, 0.6) is 11.5 Å². The van der Waals surface area contributed by atoms with Crippen molar-refractivity contribution in [3.05, 3.63) is 72.3 Å². The van der Waals surface area contributed by atoms with Gasteiger partial charge in [-0.05, 0) is 74.2 Å². The van der Waals surface area contributed by atoms with Crippen LogP contribution >= 0.6 is 0 Å². The molecule has 0 amide bonds. The van der Waals surface area contributed by atoms with Crippen LogP contribution in [0.2, 0.25) is 0 Å². The molecule has 2 aromatic rings. The molecule has 0 N–H and O–H groups in total. The van der Waals surface area contributed by atoms with Crippen molar-refractivity contribution in [2.75, 3.05) is 6.61 Å². The molecule has 4 heteroatoms. The number of hydrogen-bond donors (Lipinski definition) is 0. The molecule has 0 spiro atoms. The molecule has 0 aromatic heterocycles. The Kier molecular flexibility index (Phi) is 7.27. The molecule has 0 bridgehead atoms. The summed E-state index contributed by atoms with van der Waals surface area (Å²) in [5, 5.41) is 8.76. The molecular formula is C21H21NO3. The summed E-state index contributed by atoms with van der Waals surface area (Å²) in [6.45, 7) is 4.36. The summed E-state index contributed by atoms with van der Waals surface area (Å²) >= 11 is 0. The van der Waals surface area contributed by atoms with Gasteiger partial charge in [0.1, 0.15) is 11.5 Å². The zero-order valence-electron chi connectivity index (χ0n) is 14.1. The molecule has 25 heavy (non-hydrogen) atoms. The van der Waals surface area contributed by atoms with Crippen LogP contribution in [-0.4, -0.2) is 12.6 Å². The van der Waals surface area contributed by atoms with Crippen molar-refractivity contribution in [3.63, 3.8) is 0 Å². The number of benzene rings is 2. The third kappa shape index (κ3) is 6.15. The van der Waals surface area contributed by atoms with E-state index in [0.29, 0.717) is 23.5 Å². The lowest BCUT2D eigenvalue weighted by atomic mass is 10.2. The number of nitrogens with zero attached hydrogens (tertiary/aromatic N) is 1. The van der Waals surface area contributed by atoms with E-state index in [1.54, 1.807) is 48.5 Å². The molecule has 0 unspecified atom stereocenters. The molecule has 0 atom stereocenters. The standard InChI is InChI=1S/C21H21NO3/c1-2-3-4-5-6-15-24-19-13-9-18(10-14-19)21(23)25-20-11-7-17(16-22)8-12-20/h2,7-14H,1,3-6,15H2. The Morgan fingerprint density at radius 3 is 2.32 bits per heavy atom. The average Bonchev–Trinajstić information content (AvgIpc) is 2.65. The third-order valence-electron chi connectivity index (χ3n) is 3.61. The van der Waals surface area contributed by atoms with E-state index < -0.39 is 5.97 Å². The highest BCUT2D eigenvalue weighted by molar-refractivity contribution is 5.91. The summed E-state index contributed by atoms with van der Waals surface area (Å²) in [4.78, 5) is 12.1. The highest BCUT2D eigenvalue weighted by atomic mass is 16.5. The molecule has 0 fully saturated rings. The van der Waals surface area contributed by atoms with E-state index in [4.69, 9.17) is 14.7 Å². The van der Waals surface area contributed by atoms with Gasteiger partial charge in [-0.25, -0.2) is 4.79 Å². The Hall–Kier alpha value is -3.06. The number of esters is 1. The SMILES string of the molecule is C=CCCCCCOc1ccc(C(=O)Oc2ccc(C#N)cc2)cc1. The molecule has 0 aliphatic rings. The van der Waals surface area contributed by atoms with Gasteiger partial charge in [-0.15, -0.1) is 6.58 Å². The van der Waals surface area contributed by atoms with Gasteiger partial charge in [0, 0.05) is 0 Å². The lowest BCUT2D eigenvalue weighted by molar-refractivity contribution is 0.0734. The summed E-state index contributed by atoms with van der Waals surface area (Å²) < 4.78 is 10.9. The van der Waals surface area contributed by atoms with Gasteiger partial charge in [0.2, 0.25) is 0 Å². The van der Waals surface area contributed by atoms with Gasteiger partial charge in [-0.1, -0.05) is 6.08 Å². The molecule has 0 aliphatic carbocycles. The summed E-state index contributed by atoms with van der Waals surface area (Å²) in [7, 11) is 0. The second-order valence-electron chi connectivity index (χ2n) is 5.54. The fraction of sp³-hybridized carbons (Fsp3) is 0.238. The zero-order valence-corrected chi connectivity index (χ0v) is 14.1. The predicted molar refractivity (Wildman–Crippen MR) is 96.7 cm³/mol. The Balaban J connectivity index is 1.81. The quantitative estimate of drug-likeness (QED) is 0.283. The Morgan fingerprint density at radius 1 is 1.00 bits per heavy atom. The molecule has 0 saturated carbocycles. The number of carbonyl (C=O) groups excluding carboxylic acids is 1. The summed E-state index contributed by atoms with van der Waals surface area (Å²) in [6, 6.07) is 15.3. The highest BCUT2D eigenvalue weighted by Gasteiger charge is 2.09. The monoisotopic (exact) mass is 335 g/mol. The molecule has 128 valence electrons. The van der Waals surface area contributed by atoms with E-state index in [1.807, 2.05) is 12.1 Å². The van der Waals surface area contributed by atoms with E-state index in [9.17, 15) is 4.79 Å². The van der Waals surface area contributed by atoms with Crippen LogP contribution in [-0.2, 0) is 0 Å². The number of unbranched alkanes of at least 4 members (excludes halogenated alkanes) is 3. The van der Waals surface area contributed by atoms with E-state index >= 15 is 0 Å². The summed E-state index contributed by atoms with van der Waals surface area (Å²) in [6.07, 6.45) is 6.21. The minimum absolute atomic E-state index is 0.406. The van der Waals surface area contributed by atoms with E-state index in [-0.39, 0.29) is 0 Å². The first-order valence-corrected chi connectivity index (χ1v) is 8.29. The first-order chi connectivity index (χ1) is 12.2. The van der Waals surface area contributed by atoms with E-state index in [0.717, 1.165) is 31.4 Å². The van der Waals surface area contributed by atoms with Gasteiger partial charge in [0.25, 0.3) is 0 Å². The van der Waals surface area contributed by atoms with Crippen LogP contribution in [0, 0.1) is 11.3 Å². The smallest absolute Gasteiger partial charge is 0.343 e. The number of ether oxygens (including phenoxy) is 2. The maximum atomic E-state index is 12.1. The van der Waals surface area contributed by atoms with E-state index in [1.165, 1.54) is 0 Å². The first-order valence-electron chi connectivity index (χ1n) is 8.29. The van der Waals surface area contributed by atoms with Gasteiger partial charge >= 0.3 is 5.97 Å². The van der Waals surface area contributed by atoms with Crippen molar-refractivity contribution in [2.24, 2.45) is 0 Å². The molecule has 2 aromatic carbocycles. The number of hydrogen-bond acceptors (Lipinski definition) is 4. The molecule has 0 radical (unpaired) electrons. The van der Waals surface area contributed by atoms with Crippen molar-refractivity contribution in [1.29, 1.82) is 5.26 Å². The fourth-order valence-corrected chi connectivity index (χ4v) is 2.21.